The summed E-state index contributed by atoms with van der Waals surface area (Å²) >= 11 is 0. The van der Waals surface area contributed by atoms with E-state index in [-0.39, 0.29) is 11.3 Å². The van der Waals surface area contributed by atoms with Gasteiger partial charge < -0.3 is 10.5 Å². The minimum atomic E-state index is -0.673. The van der Waals surface area contributed by atoms with Crippen molar-refractivity contribution in [2.24, 2.45) is 5.73 Å². The molecule has 1 amide bonds. The number of benzene rings is 1. The van der Waals surface area contributed by atoms with Gasteiger partial charge in [0.25, 0.3) is 0 Å². The monoisotopic (exact) mass is 169 g/mol. The molecule has 1 aromatic carbocycles. The van der Waals surface area contributed by atoms with Crippen LogP contribution in [0, 0.1) is 5.82 Å². The second-order valence-electron chi connectivity index (χ2n) is 2.24. The van der Waals surface area contributed by atoms with Crippen molar-refractivity contribution >= 4 is 5.91 Å². The van der Waals surface area contributed by atoms with Crippen LogP contribution in [0.25, 0.3) is 0 Å². The molecule has 0 fully saturated rings. The van der Waals surface area contributed by atoms with E-state index in [1.165, 1.54) is 19.2 Å². The molecule has 0 saturated heterocycles. The van der Waals surface area contributed by atoms with Gasteiger partial charge >= 0.3 is 0 Å². The largest absolute Gasteiger partial charge is 0.497 e. The van der Waals surface area contributed by atoms with Crippen molar-refractivity contribution in [2.45, 2.75) is 0 Å². The van der Waals surface area contributed by atoms with Crippen molar-refractivity contribution in [3.63, 3.8) is 0 Å². The standard InChI is InChI=1S/C8H8FNO2/c1-12-7-3-5(8(10)11)2-6(9)4-7/h2-4H,1H3,(H2,10,11). The molecule has 0 radical (unpaired) electrons. The van der Waals surface area contributed by atoms with Crippen LogP contribution >= 0.6 is 0 Å². The highest BCUT2D eigenvalue weighted by atomic mass is 19.1. The number of rotatable bonds is 2. The number of halogens is 1. The highest BCUT2D eigenvalue weighted by Crippen LogP contribution is 2.15. The van der Waals surface area contributed by atoms with E-state index in [9.17, 15) is 9.18 Å². The molecule has 0 unspecified atom stereocenters. The van der Waals surface area contributed by atoms with Crippen LogP contribution in [-0.4, -0.2) is 13.0 Å². The average molecular weight is 169 g/mol. The van der Waals surface area contributed by atoms with E-state index < -0.39 is 11.7 Å². The number of ether oxygens (including phenoxy) is 1. The highest BCUT2D eigenvalue weighted by Gasteiger charge is 2.04. The van der Waals surface area contributed by atoms with Gasteiger partial charge in [0, 0.05) is 11.6 Å². The van der Waals surface area contributed by atoms with E-state index in [1.54, 1.807) is 0 Å². The molecular weight excluding hydrogens is 161 g/mol. The molecule has 0 aliphatic carbocycles. The normalized spacial score (nSPS) is 9.50. The second-order valence-corrected chi connectivity index (χ2v) is 2.24. The number of methoxy groups -OCH3 is 1. The zero-order valence-electron chi connectivity index (χ0n) is 6.50. The molecule has 4 heteroatoms. The van der Waals surface area contributed by atoms with Gasteiger partial charge in [0.15, 0.2) is 0 Å². The van der Waals surface area contributed by atoms with Crippen molar-refractivity contribution < 1.29 is 13.9 Å². The van der Waals surface area contributed by atoms with Gasteiger partial charge in [0.05, 0.1) is 7.11 Å². The van der Waals surface area contributed by atoms with Crippen molar-refractivity contribution in [1.29, 1.82) is 0 Å². The van der Waals surface area contributed by atoms with Gasteiger partial charge in [-0.1, -0.05) is 0 Å². The van der Waals surface area contributed by atoms with Crippen molar-refractivity contribution in [3.8, 4) is 5.75 Å². The molecule has 1 rings (SSSR count). The minimum Gasteiger partial charge on any atom is -0.497 e. The fraction of sp³-hybridized carbons (Fsp3) is 0.125. The Balaban J connectivity index is 3.15. The Morgan fingerprint density at radius 3 is 2.67 bits per heavy atom. The lowest BCUT2D eigenvalue weighted by Gasteiger charge is -2.01. The Hall–Kier alpha value is -1.58. The summed E-state index contributed by atoms with van der Waals surface area (Å²) in [4.78, 5) is 10.6. The quantitative estimate of drug-likeness (QED) is 0.716. The number of hydrogen-bond acceptors (Lipinski definition) is 2. The maximum absolute atomic E-state index is 12.7. The fourth-order valence-electron chi connectivity index (χ4n) is 0.823. The third kappa shape index (κ3) is 1.72. The Morgan fingerprint density at radius 1 is 1.50 bits per heavy atom. The Labute approximate surface area is 68.9 Å². The van der Waals surface area contributed by atoms with Gasteiger partial charge in [-0.3, -0.25) is 4.79 Å². The van der Waals surface area contributed by atoms with Crippen LogP contribution in [0.1, 0.15) is 10.4 Å². The van der Waals surface area contributed by atoms with Crippen LogP contribution in [0.3, 0.4) is 0 Å². The number of carbonyl (C=O) groups excluding carboxylic acids is 1. The first-order valence-corrected chi connectivity index (χ1v) is 3.28. The van der Waals surface area contributed by atoms with Gasteiger partial charge in [-0.15, -0.1) is 0 Å². The SMILES string of the molecule is COc1cc(F)cc(C(N)=O)c1. The predicted molar refractivity (Wildman–Crippen MR) is 41.5 cm³/mol. The second kappa shape index (κ2) is 3.21. The molecule has 0 atom stereocenters. The van der Waals surface area contributed by atoms with Gasteiger partial charge in [-0.25, -0.2) is 4.39 Å². The molecule has 0 aromatic heterocycles. The Bertz CT molecular complexity index is 312. The van der Waals surface area contributed by atoms with Crippen LogP contribution in [0.4, 0.5) is 4.39 Å². The maximum atomic E-state index is 12.7. The van der Waals surface area contributed by atoms with Crippen LogP contribution in [0.5, 0.6) is 5.75 Å². The van der Waals surface area contributed by atoms with E-state index in [0.717, 1.165) is 6.07 Å². The van der Waals surface area contributed by atoms with Gasteiger partial charge in [-0.2, -0.15) is 0 Å². The topological polar surface area (TPSA) is 52.3 Å². The molecule has 0 aliphatic heterocycles. The summed E-state index contributed by atoms with van der Waals surface area (Å²) < 4.78 is 17.4. The van der Waals surface area contributed by atoms with Crippen LogP contribution in [0.2, 0.25) is 0 Å². The lowest BCUT2D eigenvalue weighted by Crippen LogP contribution is -2.11. The summed E-state index contributed by atoms with van der Waals surface area (Å²) in [5, 5.41) is 0. The molecule has 3 nitrogen and oxygen atoms in total. The number of carbonyl (C=O) groups is 1. The first-order chi connectivity index (χ1) is 5.63. The van der Waals surface area contributed by atoms with E-state index in [0.29, 0.717) is 0 Å². The molecule has 0 spiro atoms. The summed E-state index contributed by atoms with van der Waals surface area (Å²) in [6, 6.07) is 3.61. The minimum absolute atomic E-state index is 0.104. The Morgan fingerprint density at radius 2 is 2.17 bits per heavy atom. The molecule has 0 aliphatic rings. The number of primary amides is 1. The maximum Gasteiger partial charge on any atom is 0.248 e. The number of nitrogens with two attached hydrogens (primary N) is 1. The number of hydrogen-bond donors (Lipinski definition) is 1. The van der Waals surface area contributed by atoms with Crippen molar-refractivity contribution in [1.82, 2.24) is 0 Å². The third-order valence-corrected chi connectivity index (χ3v) is 1.39. The summed E-state index contributed by atoms with van der Waals surface area (Å²) in [6.45, 7) is 0. The van der Waals surface area contributed by atoms with E-state index >= 15 is 0 Å². The molecular formula is C8H8FNO2. The molecule has 64 valence electrons. The van der Waals surface area contributed by atoms with Gasteiger partial charge in [-0.05, 0) is 12.1 Å². The molecule has 2 N–H and O–H groups in total. The predicted octanol–water partition coefficient (Wildman–Crippen LogP) is 0.933. The van der Waals surface area contributed by atoms with E-state index in [4.69, 9.17) is 10.5 Å². The lowest BCUT2D eigenvalue weighted by atomic mass is 10.2. The first-order valence-electron chi connectivity index (χ1n) is 3.28. The summed E-state index contributed by atoms with van der Waals surface area (Å²) in [5.74, 6) is -0.931. The Kier molecular flexibility index (Phi) is 2.28. The zero-order chi connectivity index (χ0) is 9.14. The van der Waals surface area contributed by atoms with Crippen LogP contribution in [-0.2, 0) is 0 Å². The molecule has 0 bridgehead atoms. The van der Waals surface area contributed by atoms with E-state index in [2.05, 4.69) is 0 Å². The molecule has 12 heavy (non-hydrogen) atoms. The average Bonchev–Trinajstić information content (AvgIpc) is 2.03. The van der Waals surface area contributed by atoms with E-state index in [1.807, 2.05) is 0 Å². The molecule has 0 saturated carbocycles. The van der Waals surface area contributed by atoms with Gasteiger partial charge in [0.2, 0.25) is 5.91 Å². The number of amides is 1. The molecule has 0 heterocycles. The smallest absolute Gasteiger partial charge is 0.248 e. The molecule has 1 aromatic rings. The fourth-order valence-corrected chi connectivity index (χ4v) is 0.823. The van der Waals surface area contributed by atoms with Gasteiger partial charge in [0.1, 0.15) is 11.6 Å². The van der Waals surface area contributed by atoms with Crippen molar-refractivity contribution in [2.75, 3.05) is 7.11 Å². The van der Waals surface area contributed by atoms with Crippen LogP contribution < -0.4 is 10.5 Å². The summed E-state index contributed by atoms with van der Waals surface area (Å²) in [7, 11) is 1.39. The highest BCUT2D eigenvalue weighted by molar-refractivity contribution is 5.93. The van der Waals surface area contributed by atoms with Crippen molar-refractivity contribution in [3.05, 3.63) is 29.6 Å². The lowest BCUT2D eigenvalue weighted by molar-refractivity contribution is 0.0999. The zero-order valence-corrected chi connectivity index (χ0v) is 6.50. The third-order valence-electron chi connectivity index (χ3n) is 1.39. The first kappa shape index (κ1) is 8.52. The summed E-state index contributed by atoms with van der Waals surface area (Å²) in [5.41, 5.74) is 5.05. The van der Waals surface area contributed by atoms with Crippen LogP contribution in [0.15, 0.2) is 18.2 Å². The summed E-state index contributed by atoms with van der Waals surface area (Å²) in [6.07, 6.45) is 0.